The van der Waals surface area contributed by atoms with Crippen molar-refractivity contribution in [1.82, 2.24) is 15.1 Å². The minimum atomic E-state index is -0.666. The second-order valence-electron chi connectivity index (χ2n) is 8.33. The zero-order chi connectivity index (χ0) is 21.5. The van der Waals surface area contributed by atoms with Crippen molar-refractivity contribution in [2.24, 2.45) is 0 Å². The summed E-state index contributed by atoms with van der Waals surface area (Å²) < 4.78 is 2.54. The minimum absolute atomic E-state index is 0.150. The largest absolute Gasteiger partial charge is 0.391 e. The van der Waals surface area contributed by atoms with Crippen LogP contribution in [0.4, 0.5) is 10.6 Å². The van der Waals surface area contributed by atoms with Gasteiger partial charge >= 0.3 is 6.03 Å². The Labute approximate surface area is 189 Å². The van der Waals surface area contributed by atoms with Crippen LogP contribution < -0.4 is 10.6 Å². The van der Waals surface area contributed by atoms with Gasteiger partial charge in [-0.25, -0.2) is 9.48 Å². The van der Waals surface area contributed by atoms with E-state index in [0.29, 0.717) is 12.2 Å². The average molecular weight is 516 g/mol. The molecule has 0 bridgehead atoms. The molecular weight excluding hydrogens is 491 g/mol. The highest BCUT2D eigenvalue weighted by atomic mass is 127. The van der Waals surface area contributed by atoms with Crippen molar-refractivity contribution in [3.05, 3.63) is 75.0 Å². The number of nitrogens with zero attached hydrogens (tertiary/aromatic N) is 2. The number of nitrogens with one attached hydrogen (secondary N) is 2. The number of fused-ring (bicyclic) bond motifs is 1. The van der Waals surface area contributed by atoms with Crippen molar-refractivity contribution >= 4 is 34.4 Å². The van der Waals surface area contributed by atoms with Crippen LogP contribution in [-0.4, -0.2) is 27.0 Å². The lowest BCUT2D eigenvalue weighted by molar-refractivity contribution is 0.0883. The number of halogens is 1. The van der Waals surface area contributed by atoms with Crippen LogP contribution in [0.2, 0.25) is 0 Å². The van der Waals surface area contributed by atoms with E-state index in [0.717, 1.165) is 26.1 Å². The van der Waals surface area contributed by atoms with Crippen molar-refractivity contribution in [1.29, 1.82) is 0 Å². The third-order valence-electron chi connectivity index (χ3n) is 5.71. The summed E-state index contributed by atoms with van der Waals surface area (Å²) in [6.07, 6.45) is -0.0886. The summed E-state index contributed by atoms with van der Waals surface area (Å²) in [5, 5.41) is 21.3. The highest BCUT2D eigenvalue weighted by Gasteiger charge is 2.39. The Morgan fingerprint density at radius 3 is 2.57 bits per heavy atom. The van der Waals surface area contributed by atoms with Crippen LogP contribution in [0.1, 0.15) is 43.0 Å². The number of benzene rings is 2. The van der Waals surface area contributed by atoms with E-state index in [1.165, 1.54) is 0 Å². The Hall–Kier alpha value is -2.39. The quantitative estimate of drug-likeness (QED) is 0.442. The molecule has 1 aliphatic rings. The molecule has 1 heterocycles. The normalized spacial score (nSPS) is 19.8. The highest BCUT2D eigenvalue weighted by molar-refractivity contribution is 14.1. The van der Waals surface area contributed by atoms with Gasteiger partial charge in [0.1, 0.15) is 9.52 Å². The van der Waals surface area contributed by atoms with Gasteiger partial charge in [-0.2, -0.15) is 5.10 Å². The summed E-state index contributed by atoms with van der Waals surface area (Å²) in [7, 11) is 0. The molecule has 0 saturated heterocycles. The Morgan fingerprint density at radius 2 is 1.83 bits per heavy atom. The molecule has 0 radical (unpaired) electrons. The molecule has 30 heavy (non-hydrogen) atoms. The summed E-state index contributed by atoms with van der Waals surface area (Å²) in [6.45, 7) is 6.17. The number of carbonyl (C=O) groups excluding carboxylic acids is 1. The van der Waals surface area contributed by atoms with Gasteiger partial charge in [0.2, 0.25) is 0 Å². The molecule has 3 N–H and O–H groups in total. The number of aliphatic hydroxyl groups is 1. The number of hydrogen-bond donors (Lipinski definition) is 3. The maximum absolute atomic E-state index is 13.0. The summed E-state index contributed by atoms with van der Waals surface area (Å²) in [4.78, 5) is 13.0. The van der Waals surface area contributed by atoms with Crippen molar-refractivity contribution < 1.29 is 9.90 Å². The molecule has 4 rings (SSSR count). The molecule has 156 valence electrons. The molecule has 3 aromatic rings. The molecule has 2 atom stereocenters. The fraction of sp³-hybridized carbons (Fsp3) is 0.304. The smallest absolute Gasteiger partial charge is 0.320 e. The summed E-state index contributed by atoms with van der Waals surface area (Å²) >= 11 is 2.16. The van der Waals surface area contributed by atoms with Crippen LogP contribution >= 0.6 is 22.6 Å². The monoisotopic (exact) mass is 516 g/mol. The molecule has 0 fully saturated rings. The first-order chi connectivity index (χ1) is 14.3. The molecule has 2 amide bonds. The van der Waals surface area contributed by atoms with Gasteiger partial charge < -0.3 is 10.4 Å². The molecule has 0 spiro atoms. The first-order valence-electron chi connectivity index (χ1n) is 9.93. The van der Waals surface area contributed by atoms with E-state index in [1.807, 2.05) is 55.5 Å². The standard InChI is InChI=1S/C23H25IN4O2/c1-14-20(24)27-28(15-9-5-4-6-10-15)21(14)26-22(30)25-19-16-11-7-8-12-17(16)23(2,3)13-18(19)29/h4-12,18-19,29H,13H2,1-3H3,(H2,25,26,30)/t18-,19-/m1/s1. The van der Waals surface area contributed by atoms with E-state index in [2.05, 4.69) is 58.2 Å². The second-order valence-corrected chi connectivity index (χ2v) is 9.35. The van der Waals surface area contributed by atoms with Gasteiger partial charge in [0, 0.05) is 5.56 Å². The van der Waals surface area contributed by atoms with Crippen LogP contribution in [0, 0.1) is 10.6 Å². The lowest BCUT2D eigenvalue weighted by Crippen LogP contribution is -2.45. The van der Waals surface area contributed by atoms with Crippen molar-refractivity contribution in [2.45, 2.75) is 44.8 Å². The molecule has 1 aromatic heterocycles. The molecule has 1 aliphatic carbocycles. The molecule has 0 unspecified atom stereocenters. The first-order valence-corrected chi connectivity index (χ1v) is 11.0. The Morgan fingerprint density at radius 1 is 1.17 bits per heavy atom. The van der Waals surface area contributed by atoms with Crippen LogP contribution in [0.25, 0.3) is 5.69 Å². The van der Waals surface area contributed by atoms with Gasteiger partial charge in [-0.15, -0.1) is 0 Å². The topological polar surface area (TPSA) is 79.2 Å². The van der Waals surface area contributed by atoms with Crippen LogP contribution in [0.5, 0.6) is 0 Å². The van der Waals surface area contributed by atoms with E-state index < -0.39 is 12.1 Å². The first kappa shape index (κ1) is 20.9. The number of aromatic nitrogens is 2. The van der Waals surface area contributed by atoms with Crippen LogP contribution in [0.3, 0.4) is 0 Å². The van der Waals surface area contributed by atoms with E-state index in [1.54, 1.807) is 4.68 Å². The maximum atomic E-state index is 13.0. The van der Waals surface area contributed by atoms with E-state index in [4.69, 9.17) is 0 Å². The van der Waals surface area contributed by atoms with Gasteiger partial charge in [-0.05, 0) is 64.6 Å². The van der Waals surface area contributed by atoms with Gasteiger partial charge in [-0.1, -0.05) is 56.3 Å². The maximum Gasteiger partial charge on any atom is 0.320 e. The van der Waals surface area contributed by atoms with Crippen molar-refractivity contribution in [3.8, 4) is 5.69 Å². The molecule has 0 aliphatic heterocycles. The number of aliphatic hydroxyl groups excluding tert-OH is 1. The second kappa shape index (κ2) is 8.03. The predicted molar refractivity (Wildman–Crippen MR) is 126 cm³/mol. The Bertz CT molecular complexity index is 1080. The van der Waals surface area contributed by atoms with Gasteiger partial charge in [0.05, 0.1) is 17.8 Å². The number of para-hydroxylation sites is 1. The van der Waals surface area contributed by atoms with Gasteiger partial charge in [0.25, 0.3) is 0 Å². The number of rotatable bonds is 3. The number of amides is 2. The van der Waals surface area contributed by atoms with Crippen molar-refractivity contribution in [2.75, 3.05) is 5.32 Å². The van der Waals surface area contributed by atoms with Crippen LogP contribution in [0.15, 0.2) is 54.6 Å². The number of urea groups is 1. The summed E-state index contributed by atoms with van der Waals surface area (Å²) in [6, 6.07) is 16.8. The average Bonchev–Trinajstić information content (AvgIpc) is 3.00. The molecule has 2 aromatic carbocycles. The zero-order valence-corrected chi connectivity index (χ0v) is 19.3. The van der Waals surface area contributed by atoms with Crippen LogP contribution in [-0.2, 0) is 5.41 Å². The predicted octanol–water partition coefficient (Wildman–Crippen LogP) is 4.69. The van der Waals surface area contributed by atoms with E-state index in [9.17, 15) is 9.90 Å². The number of anilines is 1. The van der Waals surface area contributed by atoms with E-state index in [-0.39, 0.29) is 11.4 Å². The third-order valence-corrected chi connectivity index (χ3v) is 6.74. The molecule has 7 heteroatoms. The Balaban J connectivity index is 1.61. The Kier molecular flexibility index (Phi) is 5.59. The molecule has 6 nitrogen and oxygen atoms in total. The fourth-order valence-electron chi connectivity index (χ4n) is 4.17. The zero-order valence-electron chi connectivity index (χ0n) is 17.2. The van der Waals surface area contributed by atoms with E-state index >= 15 is 0 Å². The summed E-state index contributed by atoms with van der Waals surface area (Å²) in [5.41, 5.74) is 3.72. The highest BCUT2D eigenvalue weighted by Crippen LogP contribution is 2.41. The molecule has 0 saturated carbocycles. The molecular formula is C23H25IN4O2. The van der Waals surface area contributed by atoms with Crippen molar-refractivity contribution in [3.63, 3.8) is 0 Å². The van der Waals surface area contributed by atoms with Gasteiger partial charge in [0.15, 0.2) is 0 Å². The third kappa shape index (κ3) is 3.83. The minimum Gasteiger partial charge on any atom is -0.391 e. The lowest BCUT2D eigenvalue weighted by atomic mass is 9.70. The number of carbonyl (C=O) groups is 1. The summed E-state index contributed by atoms with van der Waals surface area (Å²) in [5.74, 6) is 0.613. The SMILES string of the molecule is Cc1c(I)nn(-c2ccccc2)c1NC(=O)N[C@@H]1c2ccccc2C(C)(C)C[C@H]1O. The fourth-order valence-corrected chi connectivity index (χ4v) is 4.64. The van der Waals surface area contributed by atoms with Gasteiger partial charge in [-0.3, -0.25) is 5.32 Å². The number of hydrogen-bond acceptors (Lipinski definition) is 3. The lowest BCUT2D eigenvalue weighted by Gasteiger charge is -2.40.